The Labute approximate surface area is 133 Å². The van der Waals surface area contributed by atoms with Gasteiger partial charge in [-0.2, -0.15) is 5.10 Å². The summed E-state index contributed by atoms with van der Waals surface area (Å²) in [5.74, 6) is 0.432. The minimum atomic E-state index is -3.49. The van der Waals surface area contributed by atoms with E-state index in [2.05, 4.69) is 10.2 Å². The Kier molecular flexibility index (Phi) is 6.27. The zero-order valence-corrected chi connectivity index (χ0v) is 13.6. The average Bonchev–Trinajstić information content (AvgIpc) is 3.02. The number of aromatic amines is 1. The lowest BCUT2D eigenvalue weighted by atomic mass is 10.2. The van der Waals surface area contributed by atoms with Crippen LogP contribution in [-0.2, 0) is 13.6 Å². The van der Waals surface area contributed by atoms with Gasteiger partial charge in [0.15, 0.2) is 0 Å². The summed E-state index contributed by atoms with van der Waals surface area (Å²) >= 11 is 11.2. The molecule has 114 valence electrons. The van der Waals surface area contributed by atoms with Gasteiger partial charge in [-0.05, 0) is 6.07 Å². The number of H-pyrrole nitrogens is 1. The van der Waals surface area contributed by atoms with Crippen molar-refractivity contribution < 1.29 is 13.6 Å². The van der Waals surface area contributed by atoms with Gasteiger partial charge in [0, 0.05) is 17.3 Å². The largest absolute Gasteiger partial charge is 0.379 e. The maximum atomic E-state index is 12.7. The number of benzene rings is 1. The van der Waals surface area contributed by atoms with Crippen LogP contribution in [0.2, 0.25) is 0 Å². The van der Waals surface area contributed by atoms with E-state index in [1.807, 2.05) is 30.3 Å². The molecule has 0 aliphatic carbocycles. The Hall–Kier alpha value is -0.840. The number of nitrogens with one attached hydrogen (secondary N) is 1. The highest BCUT2D eigenvalue weighted by Crippen LogP contribution is 2.46. The highest BCUT2D eigenvalue weighted by molar-refractivity contribution is 7.61. The summed E-state index contributed by atoms with van der Waals surface area (Å²) in [6.07, 6.45) is 0. The van der Waals surface area contributed by atoms with Crippen LogP contribution in [0.1, 0.15) is 0 Å². The van der Waals surface area contributed by atoms with Crippen LogP contribution in [0.15, 0.2) is 36.4 Å². The summed E-state index contributed by atoms with van der Waals surface area (Å²) < 4.78 is 23.3. The average molecular weight is 349 g/mol. The molecule has 0 bridgehead atoms. The van der Waals surface area contributed by atoms with Gasteiger partial charge in [-0.3, -0.25) is 9.66 Å². The van der Waals surface area contributed by atoms with Gasteiger partial charge in [0.2, 0.25) is 0 Å². The molecule has 0 fully saturated rings. The van der Waals surface area contributed by atoms with Crippen LogP contribution < -0.4 is 5.44 Å². The van der Waals surface area contributed by atoms with Crippen LogP contribution in [0.25, 0.3) is 11.3 Å². The monoisotopic (exact) mass is 348 g/mol. The molecule has 0 aliphatic rings. The Morgan fingerprint density at radius 1 is 1.10 bits per heavy atom. The number of halogens is 2. The normalized spacial score (nSPS) is 11.7. The summed E-state index contributed by atoms with van der Waals surface area (Å²) in [6.45, 7) is 0.224. The van der Waals surface area contributed by atoms with Gasteiger partial charge in [-0.15, -0.1) is 23.2 Å². The molecule has 0 unspecified atom stereocenters. The maximum absolute atomic E-state index is 12.7. The molecule has 0 atom stereocenters. The molecule has 0 saturated carbocycles. The molecule has 2 aromatic rings. The molecule has 0 aliphatic heterocycles. The van der Waals surface area contributed by atoms with Crippen molar-refractivity contribution in [2.24, 2.45) is 0 Å². The molecular formula is C13H15Cl2N2O3P. The van der Waals surface area contributed by atoms with E-state index < -0.39 is 7.60 Å². The zero-order chi connectivity index (χ0) is 15.1. The Morgan fingerprint density at radius 3 is 2.29 bits per heavy atom. The molecule has 1 N–H and O–H groups in total. The van der Waals surface area contributed by atoms with Gasteiger partial charge in [0.25, 0.3) is 0 Å². The number of aromatic nitrogens is 2. The van der Waals surface area contributed by atoms with Crippen LogP contribution in [0.5, 0.6) is 0 Å². The molecule has 1 heterocycles. The van der Waals surface area contributed by atoms with Gasteiger partial charge in [-0.1, -0.05) is 30.3 Å². The highest BCUT2D eigenvalue weighted by atomic mass is 35.5. The second-order valence-corrected chi connectivity index (χ2v) is 6.80. The van der Waals surface area contributed by atoms with Crippen LogP contribution in [0, 0.1) is 0 Å². The van der Waals surface area contributed by atoms with Gasteiger partial charge in [0.1, 0.15) is 5.44 Å². The summed E-state index contributed by atoms with van der Waals surface area (Å²) in [4.78, 5) is 0. The van der Waals surface area contributed by atoms with Crippen molar-refractivity contribution in [3.63, 3.8) is 0 Å². The first-order valence-electron chi connectivity index (χ1n) is 6.32. The third-order valence-corrected chi connectivity index (χ3v) is 4.78. The fourth-order valence-corrected chi connectivity index (χ4v) is 3.53. The molecule has 0 amide bonds. The van der Waals surface area contributed by atoms with E-state index in [4.69, 9.17) is 32.2 Å². The van der Waals surface area contributed by atoms with Gasteiger partial charge >= 0.3 is 7.60 Å². The Balaban J connectivity index is 2.25. The minimum absolute atomic E-state index is 0.112. The fraction of sp³-hybridized carbons (Fsp3) is 0.308. The van der Waals surface area contributed by atoms with E-state index in [0.717, 1.165) is 5.56 Å². The van der Waals surface area contributed by atoms with Crippen molar-refractivity contribution in [1.29, 1.82) is 0 Å². The first-order valence-corrected chi connectivity index (χ1v) is 8.93. The van der Waals surface area contributed by atoms with Crippen LogP contribution in [0.3, 0.4) is 0 Å². The lowest BCUT2D eigenvalue weighted by Gasteiger charge is -2.15. The maximum Gasteiger partial charge on any atom is 0.379 e. The van der Waals surface area contributed by atoms with E-state index in [9.17, 15) is 4.57 Å². The van der Waals surface area contributed by atoms with E-state index in [0.29, 0.717) is 5.69 Å². The fourth-order valence-electron chi connectivity index (χ4n) is 1.69. The molecular weight excluding hydrogens is 334 g/mol. The van der Waals surface area contributed by atoms with Gasteiger partial charge in [0.05, 0.1) is 18.9 Å². The van der Waals surface area contributed by atoms with Crippen LogP contribution >= 0.6 is 30.8 Å². The smallest absolute Gasteiger partial charge is 0.303 e. The minimum Gasteiger partial charge on any atom is -0.303 e. The molecule has 21 heavy (non-hydrogen) atoms. The molecule has 2 rings (SSSR count). The van der Waals surface area contributed by atoms with E-state index in [1.165, 1.54) is 0 Å². The van der Waals surface area contributed by atoms with Crippen LogP contribution in [0.4, 0.5) is 0 Å². The van der Waals surface area contributed by atoms with Crippen molar-refractivity contribution in [3.8, 4) is 11.3 Å². The van der Waals surface area contributed by atoms with Crippen molar-refractivity contribution in [1.82, 2.24) is 10.2 Å². The Bertz CT molecular complexity index is 594. The lowest BCUT2D eigenvalue weighted by Crippen LogP contribution is -2.13. The first kappa shape index (κ1) is 16.5. The van der Waals surface area contributed by atoms with Crippen molar-refractivity contribution >= 4 is 36.2 Å². The van der Waals surface area contributed by atoms with E-state index >= 15 is 0 Å². The molecule has 1 aromatic heterocycles. The van der Waals surface area contributed by atoms with Crippen molar-refractivity contribution in [2.75, 3.05) is 25.0 Å². The standard InChI is InChI=1S/C13H15Cl2N2O3P/c14-6-8-19-21(18,20-9-7-15)13-10-12(16-17-13)11-4-2-1-3-5-11/h1-5,10H,6-9H2,(H,16,17). The quantitative estimate of drug-likeness (QED) is 0.586. The number of rotatable bonds is 8. The number of nitrogens with zero attached hydrogens (tertiary/aromatic N) is 1. The Morgan fingerprint density at radius 2 is 1.71 bits per heavy atom. The molecule has 0 radical (unpaired) electrons. The third-order valence-electron chi connectivity index (χ3n) is 2.61. The number of hydrogen-bond donors (Lipinski definition) is 1. The predicted molar refractivity (Wildman–Crippen MR) is 84.6 cm³/mol. The molecule has 1 aromatic carbocycles. The summed E-state index contributed by atoms with van der Waals surface area (Å²) in [5.41, 5.74) is 1.85. The first-order chi connectivity index (χ1) is 10.2. The highest BCUT2D eigenvalue weighted by Gasteiger charge is 2.30. The summed E-state index contributed by atoms with van der Waals surface area (Å²) in [6, 6.07) is 11.2. The molecule has 8 heteroatoms. The predicted octanol–water partition coefficient (Wildman–Crippen LogP) is 3.41. The van der Waals surface area contributed by atoms with Crippen LogP contribution in [-0.4, -0.2) is 35.2 Å². The molecule has 0 saturated heterocycles. The van der Waals surface area contributed by atoms with E-state index in [1.54, 1.807) is 6.07 Å². The van der Waals surface area contributed by atoms with Crippen molar-refractivity contribution in [3.05, 3.63) is 36.4 Å². The van der Waals surface area contributed by atoms with Gasteiger partial charge in [-0.25, -0.2) is 0 Å². The second-order valence-electron chi connectivity index (χ2n) is 4.05. The third kappa shape index (κ3) is 4.31. The van der Waals surface area contributed by atoms with E-state index in [-0.39, 0.29) is 30.4 Å². The number of hydrogen-bond acceptors (Lipinski definition) is 4. The number of alkyl halides is 2. The van der Waals surface area contributed by atoms with Crippen molar-refractivity contribution in [2.45, 2.75) is 0 Å². The van der Waals surface area contributed by atoms with Gasteiger partial charge < -0.3 is 9.05 Å². The summed E-state index contributed by atoms with van der Waals surface area (Å²) in [5, 5.41) is 6.86. The topological polar surface area (TPSA) is 64.2 Å². The summed E-state index contributed by atoms with van der Waals surface area (Å²) in [7, 11) is -3.49. The molecule has 0 spiro atoms. The SMILES string of the molecule is O=P(OCCCl)(OCCCl)c1cc(-c2ccccc2)n[nH]1. The second kappa shape index (κ2) is 7.97. The zero-order valence-electron chi connectivity index (χ0n) is 11.2. The molecule has 5 nitrogen and oxygen atoms in total. The lowest BCUT2D eigenvalue weighted by molar-refractivity contribution is 0.231.